The summed E-state index contributed by atoms with van der Waals surface area (Å²) in [7, 11) is 0. The molecule has 0 radical (unpaired) electrons. The average Bonchev–Trinajstić information content (AvgIpc) is 2.16. The minimum absolute atomic E-state index is 0.182. The van der Waals surface area contributed by atoms with Crippen molar-refractivity contribution in [1.29, 1.82) is 0 Å². The maximum absolute atomic E-state index is 11.4. The van der Waals surface area contributed by atoms with Crippen molar-refractivity contribution in [2.24, 2.45) is 0 Å². The third-order valence-corrected chi connectivity index (χ3v) is 2.28. The second-order valence-corrected chi connectivity index (χ2v) is 3.11. The van der Waals surface area contributed by atoms with Crippen LogP contribution in [0.25, 0.3) is 0 Å². The van der Waals surface area contributed by atoms with E-state index in [0.717, 1.165) is 4.57 Å². The highest BCUT2D eigenvalue weighted by atomic mass is 16.4. The molecule has 0 saturated heterocycles. The van der Waals surface area contributed by atoms with Gasteiger partial charge in [-0.05, 0) is 18.9 Å². The zero-order chi connectivity index (χ0) is 11.6. The molecule has 0 amide bonds. The molecule has 15 heavy (non-hydrogen) atoms. The summed E-state index contributed by atoms with van der Waals surface area (Å²) in [4.78, 5) is 22.3. The van der Waals surface area contributed by atoms with Gasteiger partial charge in [0.1, 0.15) is 5.56 Å². The fourth-order valence-electron chi connectivity index (χ4n) is 1.50. The molecule has 2 N–H and O–H groups in total. The van der Waals surface area contributed by atoms with E-state index in [1.807, 2.05) is 0 Å². The molecular formula is C10H13NO4. The lowest BCUT2D eigenvalue weighted by molar-refractivity contribution is 0.0690. The molecule has 1 heterocycles. The molecule has 0 saturated carbocycles. The summed E-state index contributed by atoms with van der Waals surface area (Å²) >= 11 is 0. The predicted octanol–water partition coefficient (Wildman–Crippen LogP) is 0.834. The first-order valence-corrected chi connectivity index (χ1v) is 4.71. The lowest BCUT2D eigenvalue weighted by Crippen LogP contribution is -2.22. The van der Waals surface area contributed by atoms with Gasteiger partial charge in [0.25, 0.3) is 5.56 Å². The maximum atomic E-state index is 11.4. The maximum Gasteiger partial charge on any atom is 0.341 e. The lowest BCUT2D eigenvalue weighted by Gasteiger charge is -2.11. The molecule has 1 rings (SSSR count). The SMILES string of the molecule is CCc1cc(=O)n(CC)c(O)c1C(=O)O. The molecule has 0 aliphatic carbocycles. The van der Waals surface area contributed by atoms with Crippen LogP contribution in [-0.4, -0.2) is 20.7 Å². The Morgan fingerprint density at radius 1 is 1.47 bits per heavy atom. The number of aryl methyl sites for hydroxylation is 1. The summed E-state index contributed by atoms with van der Waals surface area (Å²) in [6, 6.07) is 1.26. The summed E-state index contributed by atoms with van der Waals surface area (Å²) in [5.74, 6) is -1.68. The third-order valence-electron chi connectivity index (χ3n) is 2.28. The van der Waals surface area contributed by atoms with Gasteiger partial charge in [-0.3, -0.25) is 9.36 Å². The van der Waals surface area contributed by atoms with E-state index >= 15 is 0 Å². The van der Waals surface area contributed by atoms with Crippen LogP contribution in [-0.2, 0) is 13.0 Å². The van der Waals surface area contributed by atoms with Gasteiger partial charge in [-0.1, -0.05) is 6.92 Å². The Kier molecular flexibility index (Phi) is 3.14. The molecule has 0 bridgehead atoms. The summed E-state index contributed by atoms with van der Waals surface area (Å²) in [5.41, 5.74) is -0.203. The van der Waals surface area contributed by atoms with E-state index in [2.05, 4.69) is 0 Å². The Balaban J connectivity index is 3.61. The second kappa shape index (κ2) is 4.16. The minimum atomic E-state index is -1.22. The zero-order valence-corrected chi connectivity index (χ0v) is 8.65. The van der Waals surface area contributed by atoms with Gasteiger partial charge in [0.05, 0.1) is 0 Å². The normalized spacial score (nSPS) is 10.3. The topological polar surface area (TPSA) is 79.5 Å². The molecule has 0 spiro atoms. The number of carbonyl (C=O) groups is 1. The second-order valence-electron chi connectivity index (χ2n) is 3.11. The number of aromatic nitrogens is 1. The van der Waals surface area contributed by atoms with Crippen molar-refractivity contribution in [2.45, 2.75) is 26.8 Å². The van der Waals surface area contributed by atoms with Gasteiger partial charge in [-0.15, -0.1) is 0 Å². The molecule has 0 atom stereocenters. The molecular weight excluding hydrogens is 198 g/mol. The van der Waals surface area contributed by atoms with Crippen molar-refractivity contribution in [1.82, 2.24) is 4.57 Å². The number of hydrogen-bond acceptors (Lipinski definition) is 3. The van der Waals surface area contributed by atoms with Crippen LogP contribution in [0.15, 0.2) is 10.9 Å². The Hall–Kier alpha value is -1.78. The van der Waals surface area contributed by atoms with Crippen LogP contribution in [0.4, 0.5) is 0 Å². The number of carboxylic acids is 1. The molecule has 82 valence electrons. The van der Waals surface area contributed by atoms with Crippen LogP contribution in [0, 0.1) is 0 Å². The van der Waals surface area contributed by atoms with Crippen LogP contribution in [0.3, 0.4) is 0 Å². The largest absolute Gasteiger partial charge is 0.494 e. The van der Waals surface area contributed by atoms with E-state index in [1.54, 1.807) is 13.8 Å². The van der Waals surface area contributed by atoms with Crippen molar-refractivity contribution < 1.29 is 15.0 Å². The molecule has 5 heteroatoms. The van der Waals surface area contributed by atoms with E-state index in [1.165, 1.54) is 6.07 Å². The zero-order valence-electron chi connectivity index (χ0n) is 8.65. The highest BCUT2D eigenvalue weighted by Crippen LogP contribution is 2.19. The van der Waals surface area contributed by atoms with Gasteiger partial charge < -0.3 is 10.2 Å². The van der Waals surface area contributed by atoms with Crippen molar-refractivity contribution in [3.05, 3.63) is 27.5 Å². The Morgan fingerprint density at radius 2 is 2.07 bits per heavy atom. The molecule has 1 aromatic rings. The van der Waals surface area contributed by atoms with Gasteiger partial charge in [0, 0.05) is 12.6 Å². The molecule has 0 fully saturated rings. The average molecular weight is 211 g/mol. The number of rotatable bonds is 3. The van der Waals surface area contributed by atoms with E-state index < -0.39 is 11.8 Å². The highest BCUT2D eigenvalue weighted by Gasteiger charge is 2.18. The number of carboxylic acid groups (broad SMARTS) is 1. The summed E-state index contributed by atoms with van der Waals surface area (Å²) in [6.07, 6.45) is 0.398. The van der Waals surface area contributed by atoms with Gasteiger partial charge in [0.2, 0.25) is 5.88 Å². The first-order chi connectivity index (χ1) is 7.02. The van der Waals surface area contributed by atoms with Crippen LogP contribution in [0.5, 0.6) is 5.88 Å². The summed E-state index contributed by atoms with van der Waals surface area (Å²) < 4.78 is 1.03. The molecule has 5 nitrogen and oxygen atoms in total. The molecule has 1 aromatic heterocycles. The van der Waals surface area contributed by atoms with E-state index in [4.69, 9.17) is 5.11 Å². The lowest BCUT2D eigenvalue weighted by atomic mass is 10.1. The quantitative estimate of drug-likeness (QED) is 0.776. The van der Waals surface area contributed by atoms with E-state index in [0.29, 0.717) is 12.0 Å². The molecule has 0 aliphatic heterocycles. The van der Waals surface area contributed by atoms with E-state index in [-0.39, 0.29) is 17.7 Å². The van der Waals surface area contributed by atoms with Crippen molar-refractivity contribution >= 4 is 5.97 Å². The van der Waals surface area contributed by atoms with Gasteiger partial charge in [0.15, 0.2) is 0 Å². The molecule has 0 aliphatic rings. The number of aromatic carboxylic acids is 1. The number of nitrogens with zero attached hydrogens (tertiary/aromatic N) is 1. The van der Waals surface area contributed by atoms with Crippen LogP contribution >= 0.6 is 0 Å². The van der Waals surface area contributed by atoms with Gasteiger partial charge >= 0.3 is 5.97 Å². The highest BCUT2D eigenvalue weighted by molar-refractivity contribution is 5.91. The van der Waals surface area contributed by atoms with Crippen LogP contribution in [0.1, 0.15) is 29.8 Å². The third kappa shape index (κ3) is 1.86. The number of pyridine rings is 1. The van der Waals surface area contributed by atoms with Crippen LogP contribution < -0.4 is 5.56 Å². The molecule has 0 unspecified atom stereocenters. The van der Waals surface area contributed by atoms with Gasteiger partial charge in [-0.2, -0.15) is 0 Å². The Labute approximate surface area is 86.6 Å². The smallest absolute Gasteiger partial charge is 0.341 e. The Bertz CT molecular complexity index is 447. The standard InChI is InChI=1S/C10H13NO4/c1-3-6-5-7(12)11(4-2)9(13)8(6)10(14)15/h5,13H,3-4H2,1-2H3,(H,14,15). The van der Waals surface area contributed by atoms with Crippen molar-refractivity contribution in [3.63, 3.8) is 0 Å². The summed E-state index contributed by atoms with van der Waals surface area (Å²) in [5, 5.41) is 18.5. The monoisotopic (exact) mass is 211 g/mol. The van der Waals surface area contributed by atoms with E-state index in [9.17, 15) is 14.7 Å². The number of hydrogen-bond donors (Lipinski definition) is 2. The summed E-state index contributed by atoms with van der Waals surface area (Å²) in [6.45, 7) is 3.64. The minimum Gasteiger partial charge on any atom is -0.494 e. The predicted molar refractivity (Wildman–Crippen MR) is 54.4 cm³/mol. The Morgan fingerprint density at radius 3 is 2.47 bits per heavy atom. The first kappa shape index (κ1) is 11.3. The fourth-order valence-corrected chi connectivity index (χ4v) is 1.50. The van der Waals surface area contributed by atoms with Crippen molar-refractivity contribution in [2.75, 3.05) is 0 Å². The number of aromatic hydroxyl groups is 1. The van der Waals surface area contributed by atoms with Crippen molar-refractivity contribution in [3.8, 4) is 5.88 Å². The van der Waals surface area contributed by atoms with Gasteiger partial charge in [-0.25, -0.2) is 4.79 Å². The first-order valence-electron chi connectivity index (χ1n) is 4.71. The van der Waals surface area contributed by atoms with Crippen LogP contribution in [0.2, 0.25) is 0 Å². The fraction of sp³-hybridized carbons (Fsp3) is 0.400. The molecule has 0 aromatic carbocycles.